The molecule has 1 aliphatic heterocycles. The van der Waals surface area contributed by atoms with Gasteiger partial charge in [-0.25, -0.2) is 0 Å². The molecule has 2 heteroatoms. The summed E-state index contributed by atoms with van der Waals surface area (Å²) in [5.41, 5.74) is 10.7. The summed E-state index contributed by atoms with van der Waals surface area (Å²) >= 11 is 0. The van der Waals surface area contributed by atoms with Gasteiger partial charge in [0.1, 0.15) is 0 Å². The number of benzene rings is 1. The van der Waals surface area contributed by atoms with E-state index < -0.39 is 0 Å². The van der Waals surface area contributed by atoms with E-state index in [9.17, 15) is 0 Å². The predicted molar refractivity (Wildman–Crippen MR) is 88.4 cm³/mol. The molecule has 1 fully saturated rings. The average Bonchev–Trinajstić information content (AvgIpc) is 2.83. The minimum absolute atomic E-state index is 0.222. The third-order valence-electron chi connectivity index (χ3n) is 5.06. The Kier molecular flexibility index (Phi) is 4.74. The second kappa shape index (κ2) is 6.17. The Morgan fingerprint density at radius 1 is 1.30 bits per heavy atom. The third kappa shape index (κ3) is 3.17. The number of aryl methyl sites for hydroxylation is 1. The van der Waals surface area contributed by atoms with E-state index in [1.807, 2.05) is 0 Å². The number of nitrogens with zero attached hydrogens (tertiary/aromatic N) is 1. The number of rotatable bonds is 5. The van der Waals surface area contributed by atoms with Crippen LogP contribution in [0.2, 0.25) is 0 Å². The first kappa shape index (κ1) is 15.4. The molecule has 0 amide bonds. The molecule has 2 N–H and O–H groups in total. The van der Waals surface area contributed by atoms with E-state index in [1.165, 1.54) is 49.2 Å². The number of anilines is 1. The lowest BCUT2D eigenvalue weighted by Gasteiger charge is -2.28. The van der Waals surface area contributed by atoms with Crippen LogP contribution in [-0.2, 0) is 6.42 Å². The van der Waals surface area contributed by atoms with E-state index in [4.69, 9.17) is 5.73 Å². The second-order valence-corrected chi connectivity index (χ2v) is 6.69. The molecule has 2 rings (SSSR count). The van der Waals surface area contributed by atoms with Crippen LogP contribution in [-0.4, -0.2) is 19.1 Å². The number of nitrogens with two attached hydrogens (primary N) is 1. The summed E-state index contributed by atoms with van der Waals surface area (Å²) in [7, 11) is 0. The van der Waals surface area contributed by atoms with Crippen molar-refractivity contribution in [3.8, 4) is 0 Å². The van der Waals surface area contributed by atoms with Crippen LogP contribution in [0.5, 0.6) is 0 Å². The molecule has 0 aromatic heterocycles. The van der Waals surface area contributed by atoms with Crippen LogP contribution in [0.3, 0.4) is 0 Å². The number of hydrogen-bond donors (Lipinski definition) is 1. The first-order valence-corrected chi connectivity index (χ1v) is 8.10. The Hall–Kier alpha value is -1.02. The zero-order valence-corrected chi connectivity index (χ0v) is 13.6. The highest BCUT2D eigenvalue weighted by molar-refractivity contribution is 5.56. The Labute approximate surface area is 124 Å². The quantitative estimate of drug-likeness (QED) is 0.882. The Morgan fingerprint density at radius 2 is 2.00 bits per heavy atom. The van der Waals surface area contributed by atoms with Crippen molar-refractivity contribution in [3.63, 3.8) is 0 Å². The second-order valence-electron chi connectivity index (χ2n) is 6.69. The van der Waals surface area contributed by atoms with Crippen molar-refractivity contribution >= 4 is 5.69 Å². The van der Waals surface area contributed by atoms with E-state index >= 15 is 0 Å². The Morgan fingerprint density at radius 3 is 2.55 bits per heavy atom. The lowest BCUT2D eigenvalue weighted by atomic mass is 9.82. The fourth-order valence-electron chi connectivity index (χ4n) is 3.50. The van der Waals surface area contributed by atoms with Gasteiger partial charge < -0.3 is 10.6 Å². The van der Waals surface area contributed by atoms with Gasteiger partial charge in [0, 0.05) is 24.8 Å². The van der Waals surface area contributed by atoms with E-state index in [-0.39, 0.29) is 6.04 Å². The monoisotopic (exact) mass is 274 g/mol. The van der Waals surface area contributed by atoms with Crippen LogP contribution < -0.4 is 10.6 Å². The lowest BCUT2D eigenvalue weighted by molar-refractivity contribution is 0.301. The molecule has 2 nitrogen and oxygen atoms in total. The van der Waals surface area contributed by atoms with Gasteiger partial charge in [-0.3, -0.25) is 0 Å². The van der Waals surface area contributed by atoms with E-state index in [0.717, 1.165) is 6.42 Å². The highest BCUT2D eigenvalue weighted by atomic mass is 15.2. The van der Waals surface area contributed by atoms with Gasteiger partial charge in [-0.1, -0.05) is 31.5 Å². The SMILES string of the molecule is CCC1(CC)CCN(c2ccc(C)cc2CC(C)N)C1. The maximum absolute atomic E-state index is 6.03. The molecule has 1 unspecified atom stereocenters. The van der Waals surface area contributed by atoms with Crippen LogP contribution in [0.25, 0.3) is 0 Å². The van der Waals surface area contributed by atoms with Crippen LogP contribution in [0.4, 0.5) is 5.69 Å². The molecular formula is C18H30N2. The maximum atomic E-state index is 6.03. The van der Waals surface area contributed by atoms with Gasteiger partial charge in [0.2, 0.25) is 0 Å². The predicted octanol–water partition coefficient (Wildman–Crippen LogP) is 3.90. The lowest BCUT2D eigenvalue weighted by Crippen LogP contribution is -2.28. The normalized spacial score (nSPS) is 19.4. The van der Waals surface area contributed by atoms with Gasteiger partial charge >= 0.3 is 0 Å². The summed E-state index contributed by atoms with van der Waals surface area (Å²) in [6.07, 6.45) is 4.87. The summed E-state index contributed by atoms with van der Waals surface area (Å²) in [6.45, 7) is 11.3. The summed E-state index contributed by atoms with van der Waals surface area (Å²) in [5.74, 6) is 0. The molecule has 1 heterocycles. The summed E-state index contributed by atoms with van der Waals surface area (Å²) < 4.78 is 0. The van der Waals surface area contributed by atoms with Crippen molar-refractivity contribution in [1.29, 1.82) is 0 Å². The molecule has 1 aliphatic rings. The summed E-state index contributed by atoms with van der Waals surface area (Å²) in [6, 6.07) is 7.07. The fourth-order valence-corrected chi connectivity index (χ4v) is 3.50. The van der Waals surface area contributed by atoms with Gasteiger partial charge in [0.25, 0.3) is 0 Å². The van der Waals surface area contributed by atoms with E-state index in [0.29, 0.717) is 5.41 Å². The van der Waals surface area contributed by atoms with Crippen LogP contribution in [0, 0.1) is 12.3 Å². The minimum atomic E-state index is 0.222. The molecule has 20 heavy (non-hydrogen) atoms. The molecule has 0 aliphatic carbocycles. The zero-order chi connectivity index (χ0) is 14.8. The topological polar surface area (TPSA) is 29.3 Å². The molecule has 0 radical (unpaired) electrons. The van der Waals surface area contributed by atoms with E-state index in [1.54, 1.807) is 0 Å². The van der Waals surface area contributed by atoms with Crippen molar-refractivity contribution in [2.75, 3.05) is 18.0 Å². The van der Waals surface area contributed by atoms with Gasteiger partial charge in [0.05, 0.1) is 0 Å². The number of hydrogen-bond acceptors (Lipinski definition) is 2. The molecule has 1 atom stereocenters. The molecule has 0 spiro atoms. The van der Waals surface area contributed by atoms with Gasteiger partial charge in [-0.2, -0.15) is 0 Å². The molecule has 1 saturated heterocycles. The van der Waals surface area contributed by atoms with Gasteiger partial charge in [-0.05, 0) is 56.6 Å². The molecule has 1 aromatic rings. The molecule has 0 saturated carbocycles. The minimum Gasteiger partial charge on any atom is -0.371 e. The fraction of sp³-hybridized carbons (Fsp3) is 0.667. The van der Waals surface area contributed by atoms with Gasteiger partial charge in [-0.15, -0.1) is 0 Å². The zero-order valence-electron chi connectivity index (χ0n) is 13.6. The first-order chi connectivity index (χ1) is 9.49. The summed E-state index contributed by atoms with van der Waals surface area (Å²) in [4.78, 5) is 2.59. The molecular weight excluding hydrogens is 244 g/mol. The van der Waals surface area contributed by atoms with Crippen LogP contribution in [0.1, 0.15) is 51.2 Å². The molecule has 0 bridgehead atoms. The highest BCUT2D eigenvalue weighted by Gasteiger charge is 2.35. The van der Waals surface area contributed by atoms with E-state index in [2.05, 4.69) is 50.8 Å². The third-order valence-corrected chi connectivity index (χ3v) is 5.06. The standard InChI is InChI=1S/C18H30N2/c1-5-18(6-2)9-10-20(13-18)17-8-7-14(3)11-16(17)12-15(4)19/h7-8,11,15H,5-6,9-10,12-13,19H2,1-4H3. The van der Waals surface area contributed by atoms with Crippen molar-refractivity contribution in [3.05, 3.63) is 29.3 Å². The Balaban J connectivity index is 2.25. The highest BCUT2D eigenvalue weighted by Crippen LogP contribution is 2.40. The smallest absolute Gasteiger partial charge is 0.0399 e. The first-order valence-electron chi connectivity index (χ1n) is 8.10. The van der Waals surface area contributed by atoms with Crippen molar-refractivity contribution in [1.82, 2.24) is 0 Å². The largest absolute Gasteiger partial charge is 0.371 e. The Bertz CT molecular complexity index is 447. The van der Waals surface area contributed by atoms with Gasteiger partial charge in [0.15, 0.2) is 0 Å². The van der Waals surface area contributed by atoms with Crippen molar-refractivity contribution < 1.29 is 0 Å². The van der Waals surface area contributed by atoms with Crippen molar-refractivity contribution in [2.24, 2.45) is 11.1 Å². The molecule has 112 valence electrons. The average molecular weight is 274 g/mol. The van der Waals surface area contributed by atoms with Crippen molar-refractivity contribution in [2.45, 2.75) is 59.4 Å². The van der Waals surface area contributed by atoms with Crippen LogP contribution in [0.15, 0.2) is 18.2 Å². The maximum Gasteiger partial charge on any atom is 0.0399 e. The summed E-state index contributed by atoms with van der Waals surface area (Å²) in [5, 5.41) is 0. The molecule has 1 aromatic carbocycles. The van der Waals surface area contributed by atoms with Crippen LogP contribution >= 0.6 is 0 Å².